The lowest BCUT2D eigenvalue weighted by molar-refractivity contribution is 0.0946. The number of para-hydroxylation sites is 1. The molecule has 0 atom stereocenters. The minimum Gasteiger partial charge on any atom is -0.444 e. The van der Waals surface area contributed by atoms with E-state index in [9.17, 15) is 9.59 Å². The van der Waals surface area contributed by atoms with Gasteiger partial charge < -0.3 is 14.6 Å². The van der Waals surface area contributed by atoms with Crippen molar-refractivity contribution in [3.05, 3.63) is 87.8 Å². The fourth-order valence-electron chi connectivity index (χ4n) is 3.23. The standard InChI is InChI=1S/C24H25BrN2O3/c1-16-8-7-9-17(14-16)24(2,3)15-26-22(28)18-10-5-6-11-19(18)27(4)23(29)20-12-13-21(25)30-20/h5-14H,15H2,1-4H3,(H,26,28). The lowest BCUT2D eigenvalue weighted by atomic mass is 9.84. The smallest absolute Gasteiger partial charge is 0.293 e. The summed E-state index contributed by atoms with van der Waals surface area (Å²) in [6.45, 7) is 6.71. The average Bonchev–Trinajstić information content (AvgIpc) is 3.17. The Bertz CT molecular complexity index is 1070. The fourth-order valence-corrected chi connectivity index (χ4v) is 3.53. The second kappa shape index (κ2) is 8.88. The predicted octanol–water partition coefficient (Wildman–Crippen LogP) is 5.33. The van der Waals surface area contributed by atoms with Gasteiger partial charge >= 0.3 is 0 Å². The summed E-state index contributed by atoms with van der Waals surface area (Å²) in [6, 6.07) is 18.6. The normalized spacial score (nSPS) is 11.2. The maximum Gasteiger partial charge on any atom is 0.293 e. The van der Waals surface area contributed by atoms with Crippen LogP contribution >= 0.6 is 15.9 Å². The maximum atomic E-state index is 13.0. The molecule has 2 amide bonds. The first kappa shape index (κ1) is 21.8. The molecule has 0 aliphatic rings. The van der Waals surface area contributed by atoms with Gasteiger partial charge in [0.25, 0.3) is 11.8 Å². The van der Waals surface area contributed by atoms with Gasteiger partial charge in [-0.25, -0.2) is 0 Å². The number of nitrogens with one attached hydrogen (secondary N) is 1. The van der Waals surface area contributed by atoms with Gasteiger partial charge in [0.05, 0.1) is 11.3 Å². The molecule has 156 valence electrons. The van der Waals surface area contributed by atoms with Gasteiger partial charge in [-0.3, -0.25) is 9.59 Å². The highest BCUT2D eigenvalue weighted by Gasteiger charge is 2.25. The van der Waals surface area contributed by atoms with Crippen molar-refractivity contribution >= 4 is 33.4 Å². The largest absolute Gasteiger partial charge is 0.444 e. The maximum absolute atomic E-state index is 13.0. The highest BCUT2D eigenvalue weighted by Crippen LogP contribution is 2.25. The lowest BCUT2D eigenvalue weighted by Crippen LogP contribution is -2.37. The average molecular weight is 469 g/mol. The van der Waals surface area contributed by atoms with Gasteiger partial charge in [-0.2, -0.15) is 0 Å². The first-order chi connectivity index (χ1) is 14.2. The van der Waals surface area contributed by atoms with E-state index in [2.05, 4.69) is 60.2 Å². The lowest BCUT2D eigenvalue weighted by Gasteiger charge is -2.27. The molecule has 0 bridgehead atoms. The Labute approximate surface area is 185 Å². The van der Waals surface area contributed by atoms with Gasteiger partial charge in [0, 0.05) is 19.0 Å². The number of halogens is 1. The molecule has 2 aromatic carbocycles. The van der Waals surface area contributed by atoms with E-state index >= 15 is 0 Å². The third-order valence-corrected chi connectivity index (χ3v) is 5.52. The topological polar surface area (TPSA) is 62.6 Å². The molecule has 0 radical (unpaired) electrons. The van der Waals surface area contributed by atoms with Crippen molar-refractivity contribution < 1.29 is 14.0 Å². The monoisotopic (exact) mass is 468 g/mol. The zero-order chi connectivity index (χ0) is 21.9. The number of rotatable bonds is 6. The van der Waals surface area contributed by atoms with Crippen molar-refractivity contribution in [2.24, 2.45) is 0 Å². The van der Waals surface area contributed by atoms with Gasteiger partial charge in [0.1, 0.15) is 0 Å². The van der Waals surface area contributed by atoms with E-state index < -0.39 is 0 Å². The number of furan rings is 1. The third kappa shape index (κ3) is 4.82. The van der Waals surface area contributed by atoms with Crippen LogP contribution < -0.4 is 10.2 Å². The highest BCUT2D eigenvalue weighted by atomic mass is 79.9. The zero-order valence-electron chi connectivity index (χ0n) is 17.5. The molecule has 30 heavy (non-hydrogen) atoms. The van der Waals surface area contributed by atoms with Crippen LogP contribution in [0, 0.1) is 6.92 Å². The highest BCUT2D eigenvalue weighted by molar-refractivity contribution is 9.10. The summed E-state index contributed by atoms with van der Waals surface area (Å²) < 4.78 is 5.84. The molecule has 0 aliphatic carbocycles. The summed E-state index contributed by atoms with van der Waals surface area (Å²) in [5.74, 6) is -0.368. The third-order valence-electron chi connectivity index (χ3n) is 5.09. The van der Waals surface area contributed by atoms with E-state index in [1.807, 2.05) is 6.07 Å². The molecule has 3 rings (SSSR count). The van der Waals surface area contributed by atoms with Crippen LogP contribution in [0.2, 0.25) is 0 Å². The number of anilines is 1. The SMILES string of the molecule is Cc1cccc(C(C)(C)CNC(=O)c2ccccc2N(C)C(=O)c2ccc(Br)o2)c1. The van der Waals surface area contributed by atoms with Gasteiger partial charge in [-0.15, -0.1) is 0 Å². The number of nitrogens with zero attached hydrogens (tertiary/aromatic N) is 1. The molecule has 1 aromatic heterocycles. The molecule has 0 unspecified atom stereocenters. The van der Waals surface area contributed by atoms with Crippen LogP contribution in [0.4, 0.5) is 5.69 Å². The molecule has 5 nitrogen and oxygen atoms in total. The number of benzene rings is 2. The Hall–Kier alpha value is -2.86. The Balaban J connectivity index is 1.78. The number of hydrogen-bond donors (Lipinski definition) is 1. The van der Waals surface area contributed by atoms with Gasteiger partial charge in [0.2, 0.25) is 0 Å². The van der Waals surface area contributed by atoms with Crippen LogP contribution in [0.25, 0.3) is 0 Å². The van der Waals surface area contributed by atoms with Crippen LogP contribution in [0.3, 0.4) is 0 Å². The van der Waals surface area contributed by atoms with Crippen molar-refractivity contribution in [1.82, 2.24) is 5.32 Å². The molecule has 6 heteroatoms. The summed E-state index contributed by atoms with van der Waals surface area (Å²) in [5, 5.41) is 3.03. The second-order valence-electron chi connectivity index (χ2n) is 7.92. The summed E-state index contributed by atoms with van der Waals surface area (Å²) in [4.78, 5) is 27.2. The number of carbonyl (C=O) groups is 2. The van der Waals surface area contributed by atoms with Crippen LogP contribution in [-0.2, 0) is 5.41 Å². The van der Waals surface area contributed by atoms with E-state index in [-0.39, 0.29) is 23.0 Å². The fraction of sp³-hybridized carbons (Fsp3) is 0.250. The van der Waals surface area contributed by atoms with Crippen LogP contribution in [-0.4, -0.2) is 25.4 Å². The molecule has 3 aromatic rings. The van der Waals surface area contributed by atoms with E-state index in [1.54, 1.807) is 43.4 Å². The molecule has 0 saturated heterocycles. The molecule has 0 spiro atoms. The summed E-state index contributed by atoms with van der Waals surface area (Å²) in [5.41, 5.74) is 3.05. The van der Waals surface area contributed by atoms with Crippen LogP contribution in [0.1, 0.15) is 45.9 Å². The van der Waals surface area contributed by atoms with Gasteiger partial charge in [-0.1, -0.05) is 55.8 Å². The quantitative estimate of drug-likeness (QED) is 0.531. The Morgan fingerprint density at radius 1 is 1.07 bits per heavy atom. The van der Waals surface area contributed by atoms with Crippen molar-refractivity contribution in [2.75, 3.05) is 18.5 Å². The number of aryl methyl sites for hydroxylation is 1. The van der Waals surface area contributed by atoms with Crippen LogP contribution in [0.5, 0.6) is 0 Å². The minimum absolute atomic E-state index is 0.195. The van der Waals surface area contributed by atoms with E-state index in [0.29, 0.717) is 22.5 Å². The molecule has 0 saturated carbocycles. The Morgan fingerprint density at radius 2 is 1.80 bits per heavy atom. The molecular weight excluding hydrogens is 444 g/mol. The zero-order valence-corrected chi connectivity index (χ0v) is 19.1. The van der Waals surface area contributed by atoms with E-state index in [4.69, 9.17) is 4.42 Å². The second-order valence-corrected chi connectivity index (χ2v) is 8.70. The molecule has 1 heterocycles. The molecule has 1 N–H and O–H groups in total. The van der Waals surface area contributed by atoms with Crippen molar-refractivity contribution in [1.29, 1.82) is 0 Å². The Morgan fingerprint density at radius 3 is 2.47 bits per heavy atom. The minimum atomic E-state index is -0.332. The van der Waals surface area contributed by atoms with E-state index in [1.165, 1.54) is 10.5 Å². The first-order valence-electron chi connectivity index (χ1n) is 9.67. The predicted molar refractivity (Wildman–Crippen MR) is 122 cm³/mol. The van der Waals surface area contributed by atoms with Crippen molar-refractivity contribution in [3.8, 4) is 0 Å². The Kier molecular flexibility index (Phi) is 6.46. The first-order valence-corrected chi connectivity index (χ1v) is 10.5. The van der Waals surface area contributed by atoms with Crippen molar-refractivity contribution in [3.63, 3.8) is 0 Å². The van der Waals surface area contributed by atoms with E-state index in [0.717, 1.165) is 5.56 Å². The summed E-state index contributed by atoms with van der Waals surface area (Å²) >= 11 is 3.20. The number of hydrogen-bond acceptors (Lipinski definition) is 3. The summed E-state index contributed by atoms with van der Waals surface area (Å²) in [7, 11) is 1.63. The molecule has 0 fully saturated rings. The van der Waals surface area contributed by atoms with Gasteiger partial charge in [0.15, 0.2) is 10.4 Å². The molecule has 0 aliphatic heterocycles. The number of carbonyl (C=O) groups excluding carboxylic acids is 2. The summed E-state index contributed by atoms with van der Waals surface area (Å²) in [6.07, 6.45) is 0. The number of amides is 2. The van der Waals surface area contributed by atoms with Gasteiger partial charge in [-0.05, 0) is 52.7 Å². The molecular formula is C24H25BrN2O3. The van der Waals surface area contributed by atoms with Crippen LogP contribution in [0.15, 0.2) is 69.8 Å². The van der Waals surface area contributed by atoms with Crippen molar-refractivity contribution in [2.45, 2.75) is 26.2 Å².